The van der Waals surface area contributed by atoms with Crippen LogP contribution < -0.4 is 0 Å². The molecule has 0 N–H and O–H groups in total. The number of hydrogen-bond acceptors (Lipinski definition) is 3. The highest BCUT2D eigenvalue weighted by Gasteiger charge is 2.35. The number of rotatable bonds is 4. The van der Waals surface area contributed by atoms with Gasteiger partial charge < -0.3 is 0 Å². The molecule has 1 aliphatic rings. The van der Waals surface area contributed by atoms with E-state index in [2.05, 4.69) is 4.98 Å². The molecule has 3 rings (SSSR count). The first-order valence-electron chi connectivity index (χ1n) is 7.21. The highest BCUT2D eigenvalue weighted by Crippen LogP contribution is 2.34. The van der Waals surface area contributed by atoms with E-state index in [1.54, 1.807) is 6.20 Å². The van der Waals surface area contributed by atoms with Gasteiger partial charge in [-0.15, -0.1) is 0 Å². The molecule has 1 aliphatic heterocycles. The van der Waals surface area contributed by atoms with Gasteiger partial charge in [0.1, 0.15) is 5.82 Å². The lowest BCUT2D eigenvalue weighted by Crippen LogP contribution is -2.32. The number of nitrogens with zero attached hydrogens (tertiary/aromatic N) is 2. The van der Waals surface area contributed by atoms with E-state index in [1.165, 1.54) is 28.6 Å². The maximum atomic E-state index is 12.9. The largest absolute Gasteiger partial charge is 0.260 e. The van der Waals surface area contributed by atoms with E-state index in [9.17, 15) is 12.8 Å². The van der Waals surface area contributed by atoms with Crippen LogP contribution in [-0.4, -0.2) is 24.3 Å². The second kappa shape index (κ2) is 6.14. The summed E-state index contributed by atoms with van der Waals surface area (Å²) in [4.78, 5) is 4.29. The molecule has 1 aromatic carbocycles. The van der Waals surface area contributed by atoms with Gasteiger partial charge in [0.2, 0.25) is 10.0 Å². The Hall–Kier alpha value is -1.79. The number of aromatic nitrogens is 1. The van der Waals surface area contributed by atoms with E-state index >= 15 is 0 Å². The Bertz CT molecular complexity index is 733. The summed E-state index contributed by atoms with van der Waals surface area (Å²) in [6, 6.07) is 10.9. The van der Waals surface area contributed by atoms with Gasteiger partial charge in [0.05, 0.1) is 17.5 Å². The van der Waals surface area contributed by atoms with Crippen molar-refractivity contribution in [1.29, 1.82) is 0 Å². The van der Waals surface area contributed by atoms with Crippen molar-refractivity contribution in [1.82, 2.24) is 9.29 Å². The second-order valence-electron chi connectivity index (χ2n) is 5.41. The number of hydrogen-bond donors (Lipinski definition) is 0. The minimum absolute atomic E-state index is 0.114. The fraction of sp³-hybridized carbons (Fsp3) is 0.312. The van der Waals surface area contributed by atoms with Crippen molar-refractivity contribution >= 4 is 10.0 Å². The van der Waals surface area contributed by atoms with Crippen molar-refractivity contribution in [2.24, 2.45) is 0 Å². The van der Waals surface area contributed by atoms with Gasteiger partial charge in [-0.1, -0.05) is 18.2 Å². The van der Waals surface area contributed by atoms with Crippen LogP contribution in [0.4, 0.5) is 4.39 Å². The molecule has 22 heavy (non-hydrogen) atoms. The second-order valence-corrected chi connectivity index (χ2v) is 7.33. The van der Waals surface area contributed by atoms with Crippen molar-refractivity contribution < 1.29 is 12.8 Å². The Labute approximate surface area is 129 Å². The molecule has 0 spiro atoms. The quantitative estimate of drug-likeness (QED) is 0.870. The summed E-state index contributed by atoms with van der Waals surface area (Å²) < 4.78 is 39.8. The normalized spacial score (nSPS) is 19.4. The smallest absolute Gasteiger partial charge is 0.218 e. The van der Waals surface area contributed by atoms with Crippen molar-refractivity contribution in [3.05, 3.63) is 65.7 Å². The van der Waals surface area contributed by atoms with E-state index < -0.39 is 10.0 Å². The van der Waals surface area contributed by atoms with Crippen LogP contribution in [0.2, 0.25) is 0 Å². The predicted molar refractivity (Wildman–Crippen MR) is 81.9 cm³/mol. The lowest BCUT2D eigenvalue weighted by Gasteiger charge is -2.23. The van der Waals surface area contributed by atoms with E-state index in [1.807, 2.05) is 18.2 Å². The van der Waals surface area contributed by atoms with Crippen LogP contribution in [0, 0.1) is 5.82 Å². The third kappa shape index (κ3) is 3.18. The Morgan fingerprint density at radius 2 is 1.95 bits per heavy atom. The van der Waals surface area contributed by atoms with Gasteiger partial charge in [-0.3, -0.25) is 4.98 Å². The maximum Gasteiger partial charge on any atom is 0.218 e. The summed E-state index contributed by atoms with van der Waals surface area (Å²) in [5.74, 6) is -0.481. The van der Waals surface area contributed by atoms with Crippen molar-refractivity contribution in [3.8, 4) is 0 Å². The van der Waals surface area contributed by atoms with E-state index in [0.29, 0.717) is 12.1 Å². The summed E-state index contributed by atoms with van der Waals surface area (Å²) in [5, 5.41) is 0. The van der Waals surface area contributed by atoms with Crippen molar-refractivity contribution in [2.75, 3.05) is 6.54 Å². The topological polar surface area (TPSA) is 50.3 Å². The molecule has 1 aromatic heterocycles. The molecule has 2 aromatic rings. The third-order valence-corrected chi connectivity index (χ3v) is 5.70. The van der Waals surface area contributed by atoms with Crippen LogP contribution in [0.3, 0.4) is 0 Å². The Morgan fingerprint density at radius 3 is 2.64 bits per heavy atom. The van der Waals surface area contributed by atoms with Crippen LogP contribution in [0.1, 0.15) is 30.1 Å². The molecule has 0 aliphatic carbocycles. The van der Waals surface area contributed by atoms with Gasteiger partial charge in [-0.25, -0.2) is 12.8 Å². The van der Waals surface area contributed by atoms with Crippen LogP contribution in [0.25, 0.3) is 0 Å². The van der Waals surface area contributed by atoms with Crippen LogP contribution in [0.15, 0.2) is 48.7 Å². The fourth-order valence-corrected chi connectivity index (χ4v) is 4.60. The Morgan fingerprint density at radius 1 is 1.18 bits per heavy atom. The number of benzene rings is 1. The van der Waals surface area contributed by atoms with E-state index in [4.69, 9.17) is 0 Å². The molecule has 6 heteroatoms. The van der Waals surface area contributed by atoms with E-state index in [-0.39, 0.29) is 17.6 Å². The standard InChI is InChI=1S/C16H17FN2O2S/c17-14-8-6-13(7-9-14)12-22(20,21)19-11-3-5-16(19)15-4-1-2-10-18-15/h1-2,4,6-10,16H,3,5,11-12H2. The zero-order valence-electron chi connectivity index (χ0n) is 12.0. The molecule has 0 saturated carbocycles. The highest BCUT2D eigenvalue weighted by molar-refractivity contribution is 7.88. The van der Waals surface area contributed by atoms with Crippen LogP contribution in [-0.2, 0) is 15.8 Å². The Kier molecular flexibility index (Phi) is 4.22. The van der Waals surface area contributed by atoms with E-state index in [0.717, 1.165) is 18.5 Å². The fourth-order valence-electron chi connectivity index (χ4n) is 2.82. The molecular formula is C16H17FN2O2S. The average molecular weight is 320 g/mol. The predicted octanol–water partition coefficient (Wildman–Crippen LogP) is 2.89. The monoisotopic (exact) mass is 320 g/mol. The van der Waals surface area contributed by atoms with Gasteiger partial charge in [0, 0.05) is 12.7 Å². The zero-order chi connectivity index (χ0) is 15.6. The molecular weight excluding hydrogens is 303 g/mol. The minimum Gasteiger partial charge on any atom is -0.260 e. The Balaban J connectivity index is 1.83. The average Bonchev–Trinajstić information content (AvgIpc) is 3.01. The van der Waals surface area contributed by atoms with Gasteiger partial charge in [-0.2, -0.15) is 4.31 Å². The number of pyridine rings is 1. The van der Waals surface area contributed by atoms with Crippen LogP contribution in [0.5, 0.6) is 0 Å². The molecule has 116 valence electrons. The van der Waals surface area contributed by atoms with Crippen LogP contribution >= 0.6 is 0 Å². The van der Waals surface area contributed by atoms with Gasteiger partial charge in [-0.05, 0) is 42.7 Å². The summed E-state index contributed by atoms with van der Waals surface area (Å²) in [7, 11) is -3.45. The van der Waals surface area contributed by atoms with Crippen molar-refractivity contribution in [2.45, 2.75) is 24.6 Å². The molecule has 4 nitrogen and oxygen atoms in total. The highest BCUT2D eigenvalue weighted by atomic mass is 32.2. The van der Waals surface area contributed by atoms with Crippen molar-refractivity contribution in [3.63, 3.8) is 0 Å². The minimum atomic E-state index is -3.45. The lowest BCUT2D eigenvalue weighted by atomic mass is 10.1. The molecule has 1 unspecified atom stereocenters. The molecule has 2 heterocycles. The molecule has 1 fully saturated rings. The molecule has 0 amide bonds. The van der Waals surface area contributed by atoms with Gasteiger partial charge in [0.15, 0.2) is 0 Å². The molecule has 1 atom stereocenters. The molecule has 0 radical (unpaired) electrons. The summed E-state index contributed by atoms with van der Waals surface area (Å²) in [6.07, 6.45) is 3.28. The summed E-state index contributed by atoms with van der Waals surface area (Å²) in [6.45, 7) is 0.505. The SMILES string of the molecule is O=S(=O)(Cc1ccc(F)cc1)N1CCCC1c1ccccn1. The van der Waals surface area contributed by atoms with Gasteiger partial charge in [0.25, 0.3) is 0 Å². The maximum absolute atomic E-state index is 12.9. The molecule has 1 saturated heterocycles. The van der Waals surface area contributed by atoms with Gasteiger partial charge >= 0.3 is 0 Å². The number of sulfonamides is 1. The first-order chi connectivity index (χ1) is 10.6. The number of halogens is 1. The zero-order valence-corrected chi connectivity index (χ0v) is 12.8. The first-order valence-corrected chi connectivity index (χ1v) is 8.82. The molecule has 0 bridgehead atoms. The summed E-state index contributed by atoms with van der Waals surface area (Å²) in [5.41, 5.74) is 1.37. The lowest BCUT2D eigenvalue weighted by molar-refractivity contribution is 0.390. The first kappa shape index (κ1) is 15.1. The third-order valence-electron chi connectivity index (χ3n) is 3.85. The summed E-state index contributed by atoms with van der Waals surface area (Å²) >= 11 is 0.